The Morgan fingerprint density at radius 3 is 2.67 bits per heavy atom. The third-order valence-corrected chi connectivity index (χ3v) is 4.45. The van der Waals surface area contributed by atoms with Crippen LogP contribution in [0.3, 0.4) is 0 Å². The van der Waals surface area contributed by atoms with Gasteiger partial charge in [0.25, 0.3) is 0 Å². The van der Waals surface area contributed by atoms with Crippen molar-refractivity contribution in [3.8, 4) is 22.6 Å². The molecular formula is C18H20N2O4. The van der Waals surface area contributed by atoms with Crippen LogP contribution in [0.15, 0.2) is 42.7 Å². The first-order chi connectivity index (χ1) is 11.5. The molecule has 1 fully saturated rings. The van der Waals surface area contributed by atoms with E-state index in [4.69, 9.17) is 14.6 Å². The molecule has 0 atom stereocenters. The smallest absolute Gasteiger partial charge is 0.407 e. The molecule has 1 aromatic carbocycles. The first-order valence-electron chi connectivity index (χ1n) is 7.73. The van der Waals surface area contributed by atoms with Gasteiger partial charge in [0.15, 0.2) is 0 Å². The lowest BCUT2D eigenvalue weighted by atomic mass is 10.1. The van der Waals surface area contributed by atoms with Crippen molar-refractivity contribution >= 4 is 6.09 Å². The van der Waals surface area contributed by atoms with Crippen LogP contribution >= 0.6 is 0 Å². The Hall–Kier alpha value is -2.76. The summed E-state index contributed by atoms with van der Waals surface area (Å²) in [5, 5.41) is 9.14. The van der Waals surface area contributed by atoms with Gasteiger partial charge in [-0.2, -0.15) is 0 Å². The molecule has 2 aromatic rings. The molecule has 126 valence electrons. The summed E-state index contributed by atoms with van der Waals surface area (Å²) in [6.45, 7) is 0.332. The van der Waals surface area contributed by atoms with E-state index in [2.05, 4.69) is 4.98 Å². The van der Waals surface area contributed by atoms with Crippen LogP contribution in [0.1, 0.15) is 12.8 Å². The second-order valence-electron chi connectivity index (χ2n) is 6.00. The normalized spacial score (nSPS) is 14.8. The Morgan fingerprint density at radius 2 is 2.00 bits per heavy atom. The lowest BCUT2D eigenvalue weighted by Crippen LogP contribution is -2.42. The molecule has 24 heavy (non-hydrogen) atoms. The van der Waals surface area contributed by atoms with Gasteiger partial charge in [0.05, 0.1) is 18.8 Å². The van der Waals surface area contributed by atoms with E-state index in [-0.39, 0.29) is 0 Å². The van der Waals surface area contributed by atoms with Crippen molar-refractivity contribution < 1.29 is 19.4 Å². The number of rotatable bonds is 6. The molecule has 0 radical (unpaired) electrons. The number of benzene rings is 1. The van der Waals surface area contributed by atoms with Crippen LogP contribution in [-0.4, -0.2) is 47.4 Å². The minimum absolute atomic E-state index is 0.332. The Balaban J connectivity index is 1.73. The van der Waals surface area contributed by atoms with Crippen molar-refractivity contribution in [3.05, 3.63) is 42.7 Å². The van der Waals surface area contributed by atoms with Crippen LogP contribution in [0.5, 0.6) is 11.5 Å². The van der Waals surface area contributed by atoms with Crippen molar-refractivity contribution in [1.29, 1.82) is 0 Å². The second-order valence-corrected chi connectivity index (χ2v) is 6.00. The molecule has 6 nitrogen and oxygen atoms in total. The van der Waals surface area contributed by atoms with Crippen LogP contribution < -0.4 is 9.47 Å². The highest BCUT2D eigenvalue weighted by Crippen LogP contribution is 2.41. The van der Waals surface area contributed by atoms with E-state index in [1.807, 2.05) is 30.3 Å². The van der Waals surface area contributed by atoms with Gasteiger partial charge in [-0.15, -0.1) is 0 Å². The lowest BCUT2D eigenvalue weighted by Gasteiger charge is -2.25. The summed E-state index contributed by atoms with van der Waals surface area (Å²) in [4.78, 5) is 16.7. The molecule has 0 bridgehead atoms. The van der Waals surface area contributed by atoms with E-state index in [1.54, 1.807) is 26.6 Å². The minimum atomic E-state index is -0.931. The maximum atomic E-state index is 11.1. The van der Waals surface area contributed by atoms with Crippen LogP contribution in [0.4, 0.5) is 4.79 Å². The molecule has 1 aromatic heterocycles. The predicted molar refractivity (Wildman–Crippen MR) is 89.5 cm³/mol. The van der Waals surface area contributed by atoms with Crippen molar-refractivity contribution in [2.75, 3.05) is 20.8 Å². The third-order valence-electron chi connectivity index (χ3n) is 4.45. The number of likely N-dealkylation sites (N-methyl/N-ethyl adjacent to an activating group) is 1. The molecule has 3 rings (SSSR count). The van der Waals surface area contributed by atoms with Gasteiger partial charge in [0, 0.05) is 18.8 Å². The average Bonchev–Trinajstić information content (AvgIpc) is 3.40. The maximum Gasteiger partial charge on any atom is 0.407 e. The summed E-state index contributed by atoms with van der Waals surface area (Å²) >= 11 is 0. The van der Waals surface area contributed by atoms with E-state index in [0.29, 0.717) is 12.4 Å². The van der Waals surface area contributed by atoms with Gasteiger partial charge in [-0.05, 0) is 36.6 Å². The van der Waals surface area contributed by atoms with Crippen LogP contribution in [0.25, 0.3) is 11.1 Å². The van der Waals surface area contributed by atoms with E-state index in [9.17, 15) is 4.79 Å². The van der Waals surface area contributed by atoms with Crippen molar-refractivity contribution in [1.82, 2.24) is 9.88 Å². The standard InChI is InChI=1S/C18H20N2O4/c1-20(17(21)22)18(6-7-18)12-24-16-9-14(10-19-11-16)13-4-3-5-15(8-13)23-2/h3-5,8-11H,6-7,12H2,1-2H3,(H,21,22). The molecule has 6 heteroatoms. The number of nitrogens with zero attached hydrogens (tertiary/aromatic N) is 2. The fourth-order valence-electron chi connectivity index (χ4n) is 2.60. The van der Waals surface area contributed by atoms with Gasteiger partial charge in [-0.25, -0.2) is 4.79 Å². The molecule has 0 spiro atoms. The van der Waals surface area contributed by atoms with E-state index in [0.717, 1.165) is 29.7 Å². The third kappa shape index (κ3) is 3.27. The molecule has 1 aliphatic carbocycles. The largest absolute Gasteiger partial charge is 0.497 e. The van der Waals surface area contributed by atoms with E-state index in [1.165, 1.54) is 4.90 Å². The summed E-state index contributed by atoms with van der Waals surface area (Å²) in [5.74, 6) is 1.40. The van der Waals surface area contributed by atoms with Gasteiger partial charge >= 0.3 is 6.09 Å². The number of methoxy groups -OCH3 is 1. The Kier molecular flexibility index (Phi) is 4.29. The second kappa shape index (κ2) is 6.39. The zero-order valence-electron chi connectivity index (χ0n) is 13.7. The molecular weight excluding hydrogens is 308 g/mol. The van der Waals surface area contributed by atoms with Gasteiger partial charge in [0.2, 0.25) is 0 Å². The average molecular weight is 328 g/mol. The fraction of sp³-hybridized carbons (Fsp3) is 0.333. The molecule has 0 saturated heterocycles. The highest BCUT2D eigenvalue weighted by Gasteiger charge is 2.49. The Bertz CT molecular complexity index is 743. The zero-order valence-corrected chi connectivity index (χ0v) is 13.7. The van der Waals surface area contributed by atoms with Gasteiger partial charge in [-0.3, -0.25) is 4.98 Å². The monoisotopic (exact) mass is 328 g/mol. The number of hydrogen-bond acceptors (Lipinski definition) is 4. The van der Waals surface area contributed by atoms with Crippen LogP contribution in [0, 0.1) is 0 Å². The Morgan fingerprint density at radius 1 is 1.25 bits per heavy atom. The summed E-state index contributed by atoms with van der Waals surface area (Å²) < 4.78 is 11.1. The zero-order chi connectivity index (χ0) is 17.2. The SMILES string of the molecule is COc1cccc(-c2cncc(OCC3(N(C)C(=O)O)CC3)c2)c1. The van der Waals surface area contributed by atoms with Gasteiger partial charge in [-0.1, -0.05) is 12.1 Å². The maximum absolute atomic E-state index is 11.1. The number of carbonyl (C=O) groups is 1. The lowest BCUT2D eigenvalue weighted by molar-refractivity contribution is 0.109. The molecule has 0 aliphatic heterocycles. The van der Waals surface area contributed by atoms with Crippen molar-refractivity contribution in [3.63, 3.8) is 0 Å². The van der Waals surface area contributed by atoms with Crippen molar-refractivity contribution in [2.45, 2.75) is 18.4 Å². The molecule has 1 saturated carbocycles. The number of aromatic nitrogens is 1. The first-order valence-corrected chi connectivity index (χ1v) is 7.73. The fourth-order valence-corrected chi connectivity index (χ4v) is 2.60. The van der Waals surface area contributed by atoms with E-state index >= 15 is 0 Å². The number of pyridine rings is 1. The summed E-state index contributed by atoms with van der Waals surface area (Å²) in [6.07, 6.45) is 4.11. The molecule has 1 amide bonds. The number of carboxylic acid groups (broad SMARTS) is 1. The summed E-state index contributed by atoms with van der Waals surface area (Å²) in [6, 6.07) is 9.61. The van der Waals surface area contributed by atoms with Crippen molar-refractivity contribution in [2.24, 2.45) is 0 Å². The predicted octanol–water partition coefficient (Wildman–Crippen LogP) is 3.28. The van der Waals surface area contributed by atoms with Gasteiger partial charge in [0.1, 0.15) is 18.1 Å². The molecule has 1 aliphatic rings. The number of ether oxygens (including phenoxy) is 2. The molecule has 0 unspecified atom stereocenters. The highest BCUT2D eigenvalue weighted by atomic mass is 16.5. The Labute approximate surface area is 140 Å². The highest BCUT2D eigenvalue weighted by molar-refractivity contribution is 5.67. The van der Waals surface area contributed by atoms with Crippen LogP contribution in [0.2, 0.25) is 0 Å². The van der Waals surface area contributed by atoms with E-state index < -0.39 is 11.6 Å². The topological polar surface area (TPSA) is 71.9 Å². The molecule has 1 heterocycles. The van der Waals surface area contributed by atoms with Crippen LogP contribution in [-0.2, 0) is 0 Å². The number of amides is 1. The number of hydrogen-bond donors (Lipinski definition) is 1. The molecule has 1 N–H and O–H groups in total. The summed E-state index contributed by atoms with van der Waals surface area (Å²) in [5.41, 5.74) is 1.50. The quantitative estimate of drug-likeness (QED) is 0.881. The first kappa shape index (κ1) is 16.1. The summed E-state index contributed by atoms with van der Waals surface area (Å²) in [7, 11) is 3.22. The minimum Gasteiger partial charge on any atom is -0.497 e. The van der Waals surface area contributed by atoms with Gasteiger partial charge < -0.3 is 19.5 Å².